The molecule has 0 fully saturated rings. The molecule has 0 saturated carbocycles. The van der Waals surface area contributed by atoms with Gasteiger partial charge in [-0.1, -0.05) is 11.6 Å². The van der Waals surface area contributed by atoms with E-state index in [4.69, 9.17) is 16.7 Å². The van der Waals surface area contributed by atoms with Gasteiger partial charge in [-0.3, -0.25) is 4.79 Å². The van der Waals surface area contributed by atoms with Gasteiger partial charge in [0.15, 0.2) is 0 Å². The molecule has 88 valence electrons. The molecule has 0 aliphatic carbocycles. The molecule has 0 bridgehead atoms. The number of halogens is 1. The topological polar surface area (TPSA) is 49.3 Å². The number of amides is 1. The second-order valence-corrected chi connectivity index (χ2v) is 5.08. The number of rotatable bonds is 5. The molecule has 0 aromatic heterocycles. The van der Waals surface area contributed by atoms with Crippen molar-refractivity contribution in [1.29, 1.82) is 0 Å². The lowest BCUT2D eigenvalue weighted by atomic mass is 10.4. The van der Waals surface area contributed by atoms with Crippen LogP contribution in [0.4, 0.5) is 0 Å². The molecule has 1 atom stereocenters. The number of hydrogen-bond donors (Lipinski definition) is 2. The maximum atomic E-state index is 11.5. The van der Waals surface area contributed by atoms with Crippen LogP contribution in [0, 0.1) is 0 Å². The number of benzene rings is 1. The third-order valence-corrected chi connectivity index (χ3v) is 3.27. The van der Waals surface area contributed by atoms with Crippen molar-refractivity contribution in [2.75, 3.05) is 13.2 Å². The minimum Gasteiger partial charge on any atom is -0.395 e. The van der Waals surface area contributed by atoms with Crippen molar-refractivity contribution < 1.29 is 9.90 Å². The van der Waals surface area contributed by atoms with E-state index in [-0.39, 0.29) is 17.8 Å². The molecule has 3 nitrogen and oxygen atoms in total. The third kappa shape index (κ3) is 4.43. The Morgan fingerprint density at radius 2 is 2.12 bits per heavy atom. The van der Waals surface area contributed by atoms with E-state index in [1.54, 1.807) is 12.1 Å². The molecule has 1 amide bonds. The van der Waals surface area contributed by atoms with E-state index in [1.807, 2.05) is 19.1 Å². The third-order valence-electron chi connectivity index (χ3n) is 1.91. The fraction of sp³-hybridized carbons (Fsp3) is 0.364. The predicted molar refractivity (Wildman–Crippen MR) is 66.9 cm³/mol. The van der Waals surface area contributed by atoms with Gasteiger partial charge in [0.2, 0.25) is 5.91 Å². The van der Waals surface area contributed by atoms with Gasteiger partial charge in [0, 0.05) is 16.5 Å². The Morgan fingerprint density at radius 1 is 1.50 bits per heavy atom. The summed E-state index contributed by atoms with van der Waals surface area (Å²) in [5, 5.41) is 11.7. The second kappa shape index (κ2) is 6.78. The lowest BCUT2D eigenvalue weighted by Gasteiger charge is -2.11. The lowest BCUT2D eigenvalue weighted by molar-refractivity contribution is -0.120. The first-order valence-electron chi connectivity index (χ1n) is 4.94. The van der Waals surface area contributed by atoms with E-state index in [2.05, 4.69) is 5.32 Å². The van der Waals surface area contributed by atoms with Crippen LogP contribution >= 0.6 is 23.4 Å². The van der Waals surface area contributed by atoms with Crippen LogP contribution in [0.2, 0.25) is 5.02 Å². The van der Waals surface area contributed by atoms with Crippen molar-refractivity contribution in [3.63, 3.8) is 0 Å². The summed E-state index contributed by atoms with van der Waals surface area (Å²) < 4.78 is 0. The lowest BCUT2D eigenvalue weighted by Crippen LogP contribution is -2.32. The standard InChI is InChI=1S/C11H14ClNO2S/c1-8(11(15)13-6-7-14)16-10-4-2-9(12)3-5-10/h2-5,8,14H,6-7H2,1H3,(H,13,15). The van der Waals surface area contributed by atoms with Gasteiger partial charge in [-0.15, -0.1) is 11.8 Å². The van der Waals surface area contributed by atoms with Crippen molar-refractivity contribution >= 4 is 29.3 Å². The molecule has 1 aromatic rings. The molecule has 0 saturated heterocycles. The fourth-order valence-electron chi connectivity index (χ4n) is 1.09. The Bertz CT molecular complexity index is 342. The summed E-state index contributed by atoms with van der Waals surface area (Å²) >= 11 is 7.22. The van der Waals surface area contributed by atoms with Gasteiger partial charge in [0.1, 0.15) is 0 Å². The maximum absolute atomic E-state index is 11.5. The van der Waals surface area contributed by atoms with E-state index in [0.29, 0.717) is 11.6 Å². The highest BCUT2D eigenvalue weighted by molar-refractivity contribution is 8.00. The molecule has 2 N–H and O–H groups in total. The molecule has 5 heteroatoms. The zero-order chi connectivity index (χ0) is 12.0. The zero-order valence-corrected chi connectivity index (χ0v) is 10.5. The quantitative estimate of drug-likeness (QED) is 0.795. The van der Waals surface area contributed by atoms with E-state index < -0.39 is 0 Å². The smallest absolute Gasteiger partial charge is 0.233 e. The zero-order valence-electron chi connectivity index (χ0n) is 8.94. The van der Waals surface area contributed by atoms with Crippen molar-refractivity contribution in [1.82, 2.24) is 5.32 Å². The van der Waals surface area contributed by atoms with Crippen LogP contribution in [0.3, 0.4) is 0 Å². The Morgan fingerprint density at radius 3 is 2.69 bits per heavy atom. The Hall–Kier alpha value is -0.710. The number of hydrogen-bond acceptors (Lipinski definition) is 3. The first kappa shape index (κ1) is 13.4. The van der Waals surface area contributed by atoms with Crippen molar-refractivity contribution in [3.05, 3.63) is 29.3 Å². The van der Waals surface area contributed by atoms with Crippen LogP contribution in [-0.4, -0.2) is 29.4 Å². The summed E-state index contributed by atoms with van der Waals surface area (Å²) in [7, 11) is 0. The molecule has 0 aliphatic rings. The summed E-state index contributed by atoms with van der Waals surface area (Å²) in [6.07, 6.45) is 0. The van der Waals surface area contributed by atoms with Crippen LogP contribution in [-0.2, 0) is 4.79 Å². The molecular weight excluding hydrogens is 246 g/mol. The Balaban J connectivity index is 2.47. The molecule has 0 radical (unpaired) electrons. The van der Waals surface area contributed by atoms with E-state index >= 15 is 0 Å². The summed E-state index contributed by atoms with van der Waals surface area (Å²) in [5.74, 6) is -0.0750. The van der Waals surface area contributed by atoms with Crippen LogP contribution in [0.25, 0.3) is 0 Å². The number of aliphatic hydroxyl groups is 1. The number of thioether (sulfide) groups is 1. The van der Waals surface area contributed by atoms with Crippen molar-refractivity contribution in [2.24, 2.45) is 0 Å². The van der Waals surface area contributed by atoms with Crippen LogP contribution in [0.5, 0.6) is 0 Å². The average Bonchev–Trinajstić information content (AvgIpc) is 2.29. The fourth-order valence-corrected chi connectivity index (χ4v) is 2.11. The SMILES string of the molecule is CC(Sc1ccc(Cl)cc1)C(=O)NCCO. The predicted octanol–water partition coefficient (Wildman–Crippen LogP) is 1.93. The Kier molecular flexibility index (Phi) is 5.66. The molecule has 1 rings (SSSR count). The first-order valence-corrected chi connectivity index (χ1v) is 6.20. The van der Waals surface area contributed by atoms with Crippen molar-refractivity contribution in [3.8, 4) is 0 Å². The molecule has 16 heavy (non-hydrogen) atoms. The number of aliphatic hydroxyl groups excluding tert-OH is 1. The summed E-state index contributed by atoms with van der Waals surface area (Å²) in [6.45, 7) is 2.08. The monoisotopic (exact) mass is 259 g/mol. The molecule has 1 aromatic carbocycles. The van der Waals surface area contributed by atoms with Crippen LogP contribution < -0.4 is 5.32 Å². The maximum Gasteiger partial charge on any atom is 0.233 e. The minimum absolute atomic E-state index is 0.0376. The number of nitrogens with one attached hydrogen (secondary N) is 1. The molecule has 0 spiro atoms. The normalized spacial score (nSPS) is 12.2. The van der Waals surface area contributed by atoms with E-state index in [0.717, 1.165) is 4.90 Å². The van der Waals surface area contributed by atoms with Gasteiger partial charge in [0.25, 0.3) is 0 Å². The first-order chi connectivity index (χ1) is 7.63. The summed E-state index contributed by atoms with van der Waals surface area (Å²) in [5.41, 5.74) is 0. The summed E-state index contributed by atoms with van der Waals surface area (Å²) in [4.78, 5) is 12.5. The highest BCUT2D eigenvalue weighted by atomic mass is 35.5. The minimum atomic E-state index is -0.187. The van der Waals surface area contributed by atoms with Crippen LogP contribution in [0.15, 0.2) is 29.2 Å². The largest absolute Gasteiger partial charge is 0.395 e. The summed E-state index contributed by atoms with van der Waals surface area (Å²) in [6, 6.07) is 7.34. The number of carbonyl (C=O) groups is 1. The van der Waals surface area contributed by atoms with Gasteiger partial charge in [-0.05, 0) is 31.2 Å². The van der Waals surface area contributed by atoms with E-state index in [9.17, 15) is 4.79 Å². The highest BCUT2D eigenvalue weighted by Gasteiger charge is 2.13. The highest BCUT2D eigenvalue weighted by Crippen LogP contribution is 2.24. The average molecular weight is 260 g/mol. The number of carbonyl (C=O) groups excluding carboxylic acids is 1. The molecule has 0 aliphatic heterocycles. The molecule has 0 heterocycles. The van der Waals surface area contributed by atoms with Crippen molar-refractivity contribution in [2.45, 2.75) is 17.1 Å². The van der Waals surface area contributed by atoms with Gasteiger partial charge < -0.3 is 10.4 Å². The van der Waals surface area contributed by atoms with E-state index in [1.165, 1.54) is 11.8 Å². The van der Waals surface area contributed by atoms with Gasteiger partial charge in [0.05, 0.1) is 11.9 Å². The van der Waals surface area contributed by atoms with Crippen LogP contribution in [0.1, 0.15) is 6.92 Å². The second-order valence-electron chi connectivity index (χ2n) is 3.23. The molecule has 1 unspecified atom stereocenters. The van der Waals surface area contributed by atoms with Gasteiger partial charge in [-0.2, -0.15) is 0 Å². The molecular formula is C11H14ClNO2S. The van der Waals surface area contributed by atoms with Gasteiger partial charge in [-0.25, -0.2) is 0 Å². The van der Waals surface area contributed by atoms with Gasteiger partial charge >= 0.3 is 0 Å². The Labute approximate surface area is 104 Å².